The van der Waals surface area contributed by atoms with E-state index in [1.54, 1.807) is 18.4 Å². The Hall–Kier alpha value is -0.430. The summed E-state index contributed by atoms with van der Waals surface area (Å²) in [6, 6.07) is 2.04. The fraction of sp³-hybridized carbons (Fsp3) is 0.500. The number of amides is 1. The zero-order chi connectivity index (χ0) is 11.8. The lowest BCUT2D eigenvalue weighted by Gasteiger charge is -2.05. The third-order valence-electron chi connectivity index (χ3n) is 1.83. The zero-order valence-electron chi connectivity index (χ0n) is 9.09. The van der Waals surface area contributed by atoms with Gasteiger partial charge in [0.1, 0.15) is 0 Å². The van der Waals surface area contributed by atoms with Gasteiger partial charge in [0, 0.05) is 34.9 Å². The standard InChI is InChI=1S/C10H15BrN2O2S/c1-15-3-2-13-10(14)6-12-5-9-4-8(11)7-16-9/h4,7,12H,2-3,5-6H2,1H3,(H,13,14). The molecule has 0 aliphatic carbocycles. The van der Waals surface area contributed by atoms with Crippen LogP contribution in [0, 0.1) is 0 Å². The van der Waals surface area contributed by atoms with E-state index >= 15 is 0 Å². The van der Waals surface area contributed by atoms with Crippen LogP contribution < -0.4 is 10.6 Å². The van der Waals surface area contributed by atoms with Crippen molar-refractivity contribution in [3.63, 3.8) is 0 Å². The van der Waals surface area contributed by atoms with Crippen LogP contribution in [0.4, 0.5) is 0 Å². The molecule has 16 heavy (non-hydrogen) atoms. The lowest BCUT2D eigenvalue weighted by atomic mass is 10.4. The van der Waals surface area contributed by atoms with Crippen LogP contribution in [0.25, 0.3) is 0 Å². The first-order valence-electron chi connectivity index (χ1n) is 4.91. The van der Waals surface area contributed by atoms with Crippen molar-refractivity contribution >= 4 is 33.2 Å². The van der Waals surface area contributed by atoms with Crippen LogP contribution in [0.15, 0.2) is 15.9 Å². The normalized spacial score (nSPS) is 10.4. The highest BCUT2D eigenvalue weighted by Gasteiger charge is 2.01. The Morgan fingerprint density at radius 1 is 1.62 bits per heavy atom. The Morgan fingerprint density at radius 2 is 2.44 bits per heavy atom. The Balaban J connectivity index is 2.08. The molecule has 2 N–H and O–H groups in total. The Kier molecular flexibility index (Phi) is 6.63. The van der Waals surface area contributed by atoms with Gasteiger partial charge in [-0.1, -0.05) is 0 Å². The fourth-order valence-corrected chi connectivity index (χ4v) is 2.52. The van der Waals surface area contributed by atoms with Crippen molar-refractivity contribution in [2.75, 3.05) is 26.8 Å². The summed E-state index contributed by atoms with van der Waals surface area (Å²) in [7, 11) is 1.61. The van der Waals surface area contributed by atoms with Crippen LogP contribution in [0.3, 0.4) is 0 Å². The number of nitrogens with one attached hydrogen (secondary N) is 2. The summed E-state index contributed by atoms with van der Waals surface area (Å²) < 4.78 is 5.91. The summed E-state index contributed by atoms with van der Waals surface area (Å²) in [4.78, 5) is 12.5. The third-order valence-corrected chi connectivity index (χ3v) is 3.53. The molecule has 90 valence electrons. The van der Waals surface area contributed by atoms with Gasteiger partial charge in [0.15, 0.2) is 0 Å². The predicted molar refractivity (Wildman–Crippen MR) is 68.6 cm³/mol. The highest BCUT2D eigenvalue weighted by molar-refractivity contribution is 9.10. The molecule has 0 aromatic carbocycles. The van der Waals surface area contributed by atoms with E-state index in [0.717, 1.165) is 4.47 Å². The van der Waals surface area contributed by atoms with E-state index < -0.39 is 0 Å². The molecule has 0 bridgehead atoms. The molecule has 0 radical (unpaired) electrons. The topological polar surface area (TPSA) is 50.4 Å². The molecule has 1 amide bonds. The Labute approximate surface area is 108 Å². The van der Waals surface area contributed by atoms with Crippen LogP contribution in [0.2, 0.25) is 0 Å². The van der Waals surface area contributed by atoms with Crippen molar-refractivity contribution in [3.8, 4) is 0 Å². The van der Waals surface area contributed by atoms with Crippen LogP contribution in [-0.2, 0) is 16.1 Å². The number of rotatable bonds is 7. The second-order valence-corrected chi connectivity index (χ2v) is 5.09. The van der Waals surface area contributed by atoms with Crippen LogP contribution in [-0.4, -0.2) is 32.7 Å². The molecule has 0 atom stereocenters. The average molecular weight is 307 g/mol. The predicted octanol–water partition coefficient (Wildman–Crippen LogP) is 1.36. The van der Waals surface area contributed by atoms with Gasteiger partial charge in [0.2, 0.25) is 5.91 Å². The van der Waals surface area contributed by atoms with E-state index in [2.05, 4.69) is 26.6 Å². The lowest BCUT2D eigenvalue weighted by molar-refractivity contribution is -0.120. The van der Waals surface area contributed by atoms with Gasteiger partial charge in [-0.3, -0.25) is 4.79 Å². The van der Waals surface area contributed by atoms with E-state index in [4.69, 9.17) is 4.74 Å². The third kappa shape index (κ3) is 5.60. The fourth-order valence-electron chi connectivity index (χ4n) is 1.10. The number of ether oxygens (including phenoxy) is 1. The maximum absolute atomic E-state index is 11.3. The quantitative estimate of drug-likeness (QED) is 0.748. The molecule has 1 heterocycles. The molecule has 0 unspecified atom stereocenters. The number of methoxy groups -OCH3 is 1. The number of hydrogen-bond acceptors (Lipinski definition) is 4. The van der Waals surface area contributed by atoms with Gasteiger partial charge in [0.25, 0.3) is 0 Å². The molecular formula is C10H15BrN2O2S. The molecule has 0 aliphatic rings. The van der Waals surface area contributed by atoms with Crippen LogP contribution >= 0.6 is 27.3 Å². The van der Waals surface area contributed by atoms with E-state index in [9.17, 15) is 4.79 Å². The first kappa shape index (κ1) is 13.6. The van der Waals surface area contributed by atoms with Gasteiger partial charge < -0.3 is 15.4 Å². The maximum Gasteiger partial charge on any atom is 0.234 e. The van der Waals surface area contributed by atoms with Gasteiger partial charge in [-0.05, 0) is 22.0 Å². The minimum absolute atomic E-state index is 0.00679. The molecule has 1 aromatic heterocycles. The summed E-state index contributed by atoms with van der Waals surface area (Å²) in [5, 5.41) is 7.84. The smallest absolute Gasteiger partial charge is 0.234 e. The number of halogens is 1. The van der Waals surface area contributed by atoms with Crippen LogP contribution in [0.5, 0.6) is 0 Å². The minimum atomic E-state index is -0.00679. The largest absolute Gasteiger partial charge is 0.383 e. The first-order valence-corrected chi connectivity index (χ1v) is 6.59. The van der Waals surface area contributed by atoms with Crippen molar-refractivity contribution in [3.05, 3.63) is 20.8 Å². The van der Waals surface area contributed by atoms with Gasteiger partial charge in [-0.2, -0.15) is 0 Å². The average Bonchev–Trinajstić information content (AvgIpc) is 2.65. The molecule has 1 rings (SSSR count). The van der Waals surface area contributed by atoms with Crippen LogP contribution in [0.1, 0.15) is 4.88 Å². The van der Waals surface area contributed by atoms with Crippen molar-refractivity contribution in [2.24, 2.45) is 0 Å². The first-order chi connectivity index (χ1) is 7.72. The van der Waals surface area contributed by atoms with Gasteiger partial charge in [0.05, 0.1) is 13.2 Å². The van der Waals surface area contributed by atoms with Crippen molar-refractivity contribution < 1.29 is 9.53 Å². The van der Waals surface area contributed by atoms with E-state index in [1.807, 2.05) is 11.4 Å². The highest BCUT2D eigenvalue weighted by atomic mass is 79.9. The molecule has 0 saturated carbocycles. The summed E-state index contributed by atoms with van der Waals surface area (Å²) in [5.74, 6) is -0.00679. The molecule has 4 nitrogen and oxygen atoms in total. The molecule has 0 spiro atoms. The molecule has 0 aliphatic heterocycles. The number of hydrogen-bond donors (Lipinski definition) is 2. The second-order valence-electron chi connectivity index (χ2n) is 3.18. The van der Waals surface area contributed by atoms with Gasteiger partial charge in [-0.25, -0.2) is 0 Å². The maximum atomic E-state index is 11.3. The van der Waals surface area contributed by atoms with E-state index in [-0.39, 0.29) is 5.91 Å². The van der Waals surface area contributed by atoms with Crippen molar-refractivity contribution in [1.29, 1.82) is 0 Å². The summed E-state index contributed by atoms with van der Waals surface area (Å²) in [6.45, 7) is 2.15. The summed E-state index contributed by atoms with van der Waals surface area (Å²) >= 11 is 5.05. The molecule has 0 fully saturated rings. The minimum Gasteiger partial charge on any atom is -0.383 e. The summed E-state index contributed by atoms with van der Waals surface area (Å²) in [6.07, 6.45) is 0. The monoisotopic (exact) mass is 306 g/mol. The number of thiophene rings is 1. The molecule has 0 saturated heterocycles. The Morgan fingerprint density at radius 3 is 3.06 bits per heavy atom. The van der Waals surface area contributed by atoms with Gasteiger partial charge >= 0.3 is 0 Å². The molecule has 1 aromatic rings. The van der Waals surface area contributed by atoms with E-state index in [0.29, 0.717) is 26.2 Å². The molecule has 6 heteroatoms. The SMILES string of the molecule is COCCNC(=O)CNCc1cc(Br)cs1. The zero-order valence-corrected chi connectivity index (χ0v) is 11.5. The molecular weight excluding hydrogens is 292 g/mol. The summed E-state index contributed by atoms with van der Waals surface area (Å²) in [5.41, 5.74) is 0. The second kappa shape index (κ2) is 7.78. The van der Waals surface area contributed by atoms with Crippen molar-refractivity contribution in [1.82, 2.24) is 10.6 Å². The Bertz CT molecular complexity index is 330. The highest BCUT2D eigenvalue weighted by Crippen LogP contribution is 2.19. The van der Waals surface area contributed by atoms with E-state index in [1.165, 1.54) is 4.88 Å². The van der Waals surface area contributed by atoms with Gasteiger partial charge in [-0.15, -0.1) is 11.3 Å². The lowest BCUT2D eigenvalue weighted by Crippen LogP contribution is -2.35. The van der Waals surface area contributed by atoms with Crippen molar-refractivity contribution in [2.45, 2.75) is 6.54 Å². The number of carbonyl (C=O) groups is 1. The number of carbonyl (C=O) groups excluding carboxylic acids is 1.